The zero-order valence-corrected chi connectivity index (χ0v) is 11.8. The molecule has 0 bridgehead atoms. The predicted octanol–water partition coefficient (Wildman–Crippen LogP) is 1.22. The summed E-state index contributed by atoms with van der Waals surface area (Å²) >= 11 is 0. The maximum atomic E-state index is 12.3. The predicted molar refractivity (Wildman–Crippen MR) is 65.5 cm³/mol. The smallest absolute Gasteiger partial charge is 0.410 e. The van der Waals surface area contributed by atoms with Crippen LogP contribution >= 0.6 is 0 Å². The average Bonchev–Trinajstić information content (AvgIpc) is 2.48. The van der Waals surface area contributed by atoms with E-state index in [1.165, 1.54) is 4.90 Å². The van der Waals surface area contributed by atoms with Crippen molar-refractivity contribution in [3.05, 3.63) is 0 Å². The van der Waals surface area contributed by atoms with E-state index in [-0.39, 0.29) is 26.3 Å². The lowest BCUT2D eigenvalue weighted by Gasteiger charge is -2.28. The number of carbonyl (C=O) groups is 1. The highest BCUT2D eigenvalue weighted by Gasteiger charge is 2.31. The Labute approximate surface area is 116 Å². The van der Waals surface area contributed by atoms with Gasteiger partial charge in [-0.2, -0.15) is 8.78 Å². The molecule has 0 spiro atoms. The standard InChI is InChI=1S/C12H21F2NO5/c1-12(2,3)20-11(17)15-4-8(6-16)18-7-9(5-15)19-10(13)14/h8-10,16H,4-7H2,1-3H3/t8-,9+/m0/s1. The van der Waals surface area contributed by atoms with Crippen LogP contribution in [0.4, 0.5) is 13.6 Å². The van der Waals surface area contributed by atoms with Crippen LogP contribution < -0.4 is 0 Å². The van der Waals surface area contributed by atoms with E-state index >= 15 is 0 Å². The van der Waals surface area contributed by atoms with Crippen LogP contribution in [0.2, 0.25) is 0 Å². The summed E-state index contributed by atoms with van der Waals surface area (Å²) < 4.78 is 39.3. The van der Waals surface area contributed by atoms with Crippen molar-refractivity contribution < 1.29 is 32.9 Å². The average molecular weight is 297 g/mol. The molecule has 0 aromatic rings. The second-order valence-corrected chi connectivity index (χ2v) is 5.54. The van der Waals surface area contributed by atoms with Gasteiger partial charge in [0.1, 0.15) is 11.7 Å². The van der Waals surface area contributed by atoms with E-state index in [0.29, 0.717) is 0 Å². The third kappa shape index (κ3) is 5.98. The highest BCUT2D eigenvalue weighted by molar-refractivity contribution is 5.68. The Morgan fingerprint density at radius 3 is 2.60 bits per heavy atom. The van der Waals surface area contributed by atoms with Gasteiger partial charge in [-0.05, 0) is 20.8 Å². The first-order valence-electron chi connectivity index (χ1n) is 6.35. The third-order valence-electron chi connectivity index (χ3n) is 2.52. The molecule has 1 amide bonds. The van der Waals surface area contributed by atoms with E-state index < -0.39 is 30.5 Å². The van der Waals surface area contributed by atoms with E-state index in [9.17, 15) is 13.6 Å². The van der Waals surface area contributed by atoms with Gasteiger partial charge in [0.15, 0.2) is 0 Å². The van der Waals surface area contributed by atoms with E-state index in [4.69, 9.17) is 14.6 Å². The van der Waals surface area contributed by atoms with E-state index in [2.05, 4.69) is 4.74 Å². The summed E-state index contributed by atoms with van der Waals surface area (Å²) in [5, 5.41) is 9.12. The van der Waals surface area contributed by atoms with Crippen LogP contribution in [0, 0.1) is 0 Å². The van der Waals surface area contributed by atoms with Crippen molar-refractivity contribution in [2.24, 2.45) is 0 Å². The quantitative estimate of drug-likeness (QED) is 0.848. The number of aliphatic hydroxyl groups excluding tert-OH is 1. The summed E-state index contributed by atoms with van der Waals surface area (Å²) in [6, 6.07) is 0. The normalized spacial score (nSPS) is 24.6. The lowest BCUT2D eigenvalue weighted by atomic mass is 10.2. The molecule has 1 aliphatic heterocycles. The number of rotatable bonds is 3. The fraction of sp³-hybridized carbons (Fsp3) is 0.917. The summed E-state index contributed by atoms with van der Waals surface area (Å²) in [4.78, 5) is 13.2. The number of aliphatic hydroxyl groups is 1. The third-order valence-corrected chi connectivity index (χ3v) is 2.52. The molecule has 1 heterocycles. The molecule has 2 atom stereocenters. The zero-order valence-electron chi connectivity index (χ0n) is 11.8. The summed E-state index contributed by atoms with van der Waals surface area (Å²) in [6.07, 6.45) is -2.25. The lowest BCUT2D eigenvalue weighted by Crippen LogP contribution is -2.43. The van der Waals surface area contributed by atoms with Crippen molar-refractivity contribution in [1.29, 1.82) is 0 Å². The number of alkyl halides is 2. The van der Waals surface area contributed by atoms with Crippen LogP contribution in [-0.4, -0.2) is 66.8 Å². The first-order chi connectivity index (χ1) is 9.21. The van der Waals surface area contributed by atoms with E-state index in [1.54, 1.807) is 20.8 Å². The number of ether oxygens (including phenoxy) is 3. The molecule has 0 radical (unpaired) electrons. The van der Waals surface area contributed by atoms with Gasteiger partial charge in [-0.25, -0.2) is 4.79 Å². The molecule has 1 N–H and O–H groups in total. The molecule has 118 valence electrons. The Kier molecular flexibility index (Phi) is 6.09. The summed E-state index contributed by atoms with van der Waals surface area (Å²) in [7, 11) is 0. The van der Waals surface area contributed by atoms with Crippen LogP contribution in [0.15, 0.2) is 0 Å². The van der Waals surface area contributed by atoms with Crippen molar-refractivity contribution in [2.45, 2.75) is 45.2 Å². The topological polar surface area (TPSA) is 68.2 Å². The van der Waals surface area contributed by atoms with Gasteiger partial charge in [0.05, 0.1) is 32.4 Å². The first-order valence-corrected chi connectivity index (χ1v) is 6.35. The van der Waals surface area contributed by atoms with Crippen LogP contribution in [-0.2, 0) is 14.2 Å². The number of hydrogen-bond acceptors (Lipinski definition) is 5. The van der Waals surface area contributed by atoms with Gasteiger partial charge in [0.25, 0.3) is 0 Å². The second kappa shape index (κ2) is 7.14. The van der Waals surface area contributed by atoms with Crippen LogP contribution in [0.5, 0.6) is 0 Å². The fourth-order valence-electron chi connectivity index (χ4n) is 1.73. The maximum absolute atomic E-state index is 12.3. The van der Waals surface area contributed by atoms with Crippen molar-refractivity contribution in [2.75, 3.05) is 26.3 Å². The Bertz CT molecular complexity index is 321. The number of halogens is 2. The molecule has 0 aromatic carbocycles. The fourth-order valence-corrected chi connectivity index (χ4v) is 1.73. The highest BCUT2D eigenvalue weighted by atomic mass is 19.3. The molecular weight excluding hydrogens is 276 g/mol. The number of amides is 1. The maximum Gasteiger partial charge on any atom is 0.410 e. The summed E-state index contributed by atoms with van der Waals surface area (Å²) in [6.45, 7) is 1.72. The van der Waals surface area contributed by atoms with Crippen molar-refractivity contribution in [3.8, 4) is 0 Å². The molecule has 8 heteroatoms. The molecule has 1 saturated heterocycles. The van der Waals surface area contributed by atoms with Crippen molar-refractivity contribution in [3.63, 3.8) is 0 Å². The summed E-state index contributed by atoms with van der Waals surface area (Å²) in [5.74, 6) is 0. The second-order valence-electron chi connectivity index (χ2n) is 5.54. The summed E-state index contributed by atoms with van der Waals surface area (Å²) in [5.41, 5.74) is -0.696. The molecule has 0 aliphatic carbocycles. The van der Waals surface area contributed by atoms with Gasteiger partial charge in [-0.1, -0.05) is 0 Å². The molecular formula is C12H21F2NO5. The van der Waals surface area contributed by atoms with E-state index in [1.807, 2.05) is 0 Å². The molecule has 6 nitrogen and oxygen atoms in total. The van der Waals surface area contributed by atoms with Crippen LogP contribution in [0.1, 0.15) is 20.8 Å². The zero-order chi connectivity index (χ0) is 15.3. The number of nitrogens with zero attached hydrogens (tertiary/aromatic N) is 1. The Balaban J connectivity index is 2.71. The Morgan fingerprint density at radius 2 is 2.10 bits per heavy atom. The minimum Gasteiger partial charge on any atom is -0.444 e. The minimum absolute atomic E-state index is 0.0640. The van der Waals surface area contributed by atoms with Crippen molar-refractivity contribution in [1.82, 2.24) is 4.90 Å². The molecule has 1 fully saturated rings. The number of carbonyl (C=O) groups excluding carboxylic acids is 1. The highest BCUT2D eigenvalue weighted by Crippen LogP contribution is 2.15. The van der Waals surface area contributed by atoms with Gasteiger partial charge in [-0.15, -0.1) is 0 Å². The van der Waals surface area contributed by atoms with Crippen molar-refractivity contribution >= 4 is 6.09 Å². The van der Waals surface area contributed by atoms with Crippen LogP contribution in [0.3, 0.4) is 0 Å². The molecule has 1 rings (SSSR count). The van der Waals surface area contributed by atoms with Gasteiger partial charge >= 0.3 is 12.7 Å². The molecule has 0 aromatic heterocycles. The molecule has 1 aliphatic rings. The lowest BCUT2D eigenvalue weighted by molar-refractivity contribution is -0.177. The van der Waals surface area contributed by atoms with E-state index in [0.717, 1.165) is 0 Å². The van der Waals surface area contributed by atoms with Crippen LogP contribution in [0.25, 0.3) is 0 Å². The first kappa shape index (κ1) is 17.1. The Morgan fingerprint density at radius 1 is 1.45 bits per heavy atom. The monoisotopic (exact) mass is 297 g/mol. The minimum atomic E-state index is -2.95. The molecule has 0 unspecified atom stereocenters. The Hall–Kier alpha value is -0.990. The number of hydrogen-bond donors (Lipinski definition) is 1. The van der Waals surface area contributed by atoms with Gasteiger partial charge < -0.3 is 24.2 Å². The SMILES string of the molecule is CC(C)(C)OC(=O)N1C[C@@H](CO)OC[C@H](OC(F)F)C1. The van der Waals surface area contributed by atoms with Gasteiger partial charge in [0.2, 0.25) is 0 Å². The molecule has 20 heavy (non-hydrogen) atoms. The molecule has 0 saturated carbocycles. The largest absolute Gasteiger partial charge is 0.444 e. The van der Waals surface area contributed by atoms with Gasteiger partial charge in [0, 0.05) is 0 Å². The van der Waals surface area contributed by atoms with Gasteiger partial charge in [-0.3, -0.25) is 0 Å².